The molecule has 5 heteroatoms. The fourth-order valence-corrected chi connectivity index (χ4v) is 1.83. The SMILES string of the molecule is CC(C)(C)N(CC(=O)O)c1ccc(C#N)c(Cl)c1. The molecule has 0 atom stereocenters. The van der Waals surface area contributed by atoms with Crippen molar-refractivity contribution in [3.05, 3.63) is 28.8 Å². The quantitative estimate of drug-likeness (QED) is 0.914. The Labute approximate surface area is 111 Å². The third kappa shape index (κ3) is 3.38. The van der Waals surface area contributed by atoms with Gasteiger partial charge in [-0.3, -0.25) is 4.79 Å². The molecule has 1 aromatic carbocycles. The first kappa shape index (κ1) is 14.3. The van der Waals surface area contributed by atoms with Crippen molar-refractivity contribution in [1.29, 1.82) is 5.26 Å². The number of nitriles is 1. The number of hydrogen-bond donors (Lipinski definition) is 1. The highest BCUT2D eigenvalue weighted by Gasteiger charge is 2.24. The molecule has 4 nitrogen and oxygen atoms in total. The van der Waals surface area contributed by atoms with Crippen LogP contribution in [-0.2, 0) is 4.79 Å². The molecule has 0 heterocycles. The summed E-state index contributed by atoms with van der Waals surface area (Å²) in [7, 11) is 0. The van der Waals surface area contributed by atoms with Gasteiger partial charge in [0.05, 0.1) is 10.6 Å². The highest BCUT2D eigenvalue weighted by atomic mass is 35.5. The van der Waals surface area contributed by atoms with Gasteiger partial charge in [-0.05, 0) is 39.0 Å². The number of carbonyl (C=O) groups is 1. The molecule has 0 unspecified atom stereocenters. The van der Waals surface area contributed by atoms with E-state index in [0.29, 0.717) is 16.3 Å². The van der Waals surface area contributed by atoms with E-state index in [0.717, 1.165) is 0 Å². The standard InChI is InChI=1S/C13H15ClN2O2/c1-13(2,3)16(8-12(17)18)10-5-4-9(7-15)11(14)6-10/h4-6H,8H2,1-3H3,(H,17,18). The summed E-state index contributed by atoms with van der Waals surface area (Å²) in [6.45, 7) is 5.64. The Hall–Kier alpha value is -1.73. The smallest absolute Gasteiger partial charge is 0.323 e. The maximum Gasteiger partial charge on any atom is 0.323 e. The van der Waals surface area contributed by atoms with Crippen LogP contribution in [0.5, 0.6) is 0 Å². The van der Waals surface area contributed by atoms with Crippen LogP contribution in [0.2, 0.25) is 5.02 Å². The number of rotatable bonds is 3. The van der Waals surface area contributed by atoms with Crippen LogP contribution >= 0.6 is 11.6 Å². The molecular weight excluding hydrogens is 252 g/mol. The topological polar surface area (TPSA) is 64.3 Å². The van der Waals surface area contributed by atoms with Gasteiger partial charge >= 0.3 is 5.97 Å². The maximum atomic E-state index is 10.9. The average Bonchev–Trinajstić information content (AvgIpc) is 2.24. The Morgan fingerprint density at radius 3 is 2.50 bits per heavy atom. The van der Waals surface area contributed by atoms with Crippen LogP contribution in [0.1, 0.15) is 26.3 Å². The number of halogens is 1. The van der Waals surface area contributed by atoms with Crippen molar-refractivity contribution in [3.63, 3.8) is 0 Å². The number of carboxylic acids is 1. The molecule has 0 aliphatic heterocycles. The van der Waals surface area contributed by atoms with E-state index >= 15 is 0 Å². The van der Waals surface area contributed by atoms with E-state index in [-0.39, 0.29) is 12.1 Å². The number of nitrogens with zero attached hydrogens (tertiary/aromatic N) is 2. The molecule has 0 amide bonds. The predicted molar refractivity (Wildman–Crippen MR) is 70.9 cm³/mol. The van der Waals surface area contributed by atoms with Crippen molar-refractivity contribution in [3.8, 4) is 6.07 Å². The third-order valence-electron chi connectivity index (χ3n) is 2.49. The lowest BCUT2D eigenvalue weighted by Crippen LogP contribution is -2.44. The number of carboxylic acid groups (broad SMARTS) is 1. The van der Waals surface area contributed by atoms with Gasteiger partial charge in [-0.1, -0.05) is 11.6 Å². The summed E-state index contributed by atoms with van der Waals surface area (Å²) in [5.41, 5.74) is 0.717. The first-order chi connectivity index (χ1) is 8.25. The fraction of sp³-hybridized carbons (Fsp3) is 0.385. The summed E-state index contributed by atoms with van der Waals surface area (Å²) in [6, 6.07) is 6.90. The van der Waals surface area contributed by atoms with Gasteiger partial charge in [0.15, 0.2) is 0 Å². The lowest BCUT2D eigenvalue weighted by Gasteiger charge is -2.36. The number of hydrogen-bond acceptors (Lipinski definition) is 3. The minimum atomic E-state index is -0.912. The van der Waals surface area contributed by atoms with Gasteiger partial charge in [0.1, 0.15) is 12.6 Å². The van der Waals surface area contributed by atoms with Gasteiger partial charge in [0.25, 0.3) is 0 Å². The molecule has 0 fully saturated rings. The van der Waals surface area contributed by atoms with E-state index in [2.05, 4.69) is 0 Å². The highest BCUT2D eigenvalue weighted by molar-refractivity contribution is 6.32. The summed E-state index contributed by atoms with van der Waals surface area (Å²) in [5.74, 6) is -0.912. The van der Waals surface area contributed by atoms with Gasteiger partial charge in [-0.25, -0.2) is 0 Å². The van der Waals surface area contributed by atoms with E-state index in [9.17, 15) is 4.79 Å². The van der Waals surface area contributed by atoms with Crippen LogP contribution < -0.4 is 4.90 Å². The van der Waals surface area contributed by atoms with Crippen molar-refractivity contribution >= 4 is 23.3 Å². The summed E-state index contributed by atoms with van der Waals surface area (Å²) in [5, 5.41) is 18.1. The Balaban J connectivity index is 3.18. The molecule has 0 saturated carbocycles. The zero-order valence-electron chi connectivity index (χ0n) is 10.6. The van der Waals surface area contributed by atoms with Gasteiger partial charge in [-0.15, -0.1) is 0 Å². The predicted octanol–water partition coefficient (Wildman–Crippen LogP) is 2.90. The van der Waals surface area contributed by atoms with Crippen LogP contribution in [0.25, 0.3) is 0 Å². The Morgan fingerprint density at radius 1 is 1.50 bits per heavy atom. The van der Waals surface area contributed by atoms with E-state index in [1.807, 2.05) is 26.8 Å². The van der Waals surface area contributed by atoms with E-state index in [1.54, 1.807) is 23.1 Å². The molecule has 0 aliphatic rings. The third-order valence-corrected chi connectivity index (χ3v) is 2.80. The van der Waals surface area contributed by atoms with Gasteiger partial charge in [0.2, 0.25) is 0 Å². The summed E-state index contributed by atoms with van der Waals surface area (Å²) >= 11 is 5.96. The second kappa shape index (κ2) is 5.28. The molecule has 96 valence electrons. The van der Waals surface area contributed by atoms with E-state index in [1.165, 1.54) is 0 Å². The zero-order valence-corrected chi connectivity index (χ0v) is 11.3. The Bertz CT molecular complexity index is 501. The van der Waals surface area contributed by atoms with Crippen LogP contribution in [-0.4, -0.2) is 23.2 Å². The maximum absolute atomic E-state index is 10.9. The minimum Gasteiger partial charge on any atom is -0.480 e. The normalized spacial score (nSPS) is 10.8. The van der Waals surface area contributed by atoms with Crippen molar-refractivity contribution in [2.24, 2.45) is 0 Å². The Morgan fingerprint density at radius 2 is 2.11 bits per heavy atom. The summed E-state index contributed by atoms with van der Waals surface area (Å²) < 4.78 is 0. The molecule has 0 radical (unpaired) electrons. The number of benzene rings is 1. The van der Waals surface area contributed by atoms with Gasteiger partial charge < -0.3 is 10.0 Å². The van der Waals surface area contributed by atoms with Crippen molar-refractivity contribution in [1.82, 2.24) is 0 Å². The molecule has 1 aromatic rings. The molecule has 0 bridgehead atoms. The number of anilines is 1. The van der Waals surface area contributed by atoms with Crippen molar-refractivity contribution in [2.45, 2.75) is 26.3 Å². The van der Waals surface area contributed by atoms with Crippen LogP contribution in [0.3, 0.4) is 0 Å². The fourth-order valence-electron chi connectivity index (χ4n) is 1.61. The first-order valence-corrected chi connectivity index (χ1v) is 5.82. The monoisotopic (exact) mass is 266 g/mol. The molecule has 18 heavy (non-hydrogen) atoms. The van der Waals surface area contributed by atoms with Gasteiger partial charge in [-0.2, -0.15) is 5.26 Å². The van der Waals surface area contributed by atoms with Crippen LogP contribution in [0.4, 0.5) is 5.69 Å². The number of aliphatic carboxylic acids is 1. The average molecular weight is 267 g/mol. The molecule has 0 aromatic heterocycles. The lowest BCUT2D eigenvalue weighted by molar-refractivity contribution is -0.135. The molecular formula is C13H15ClN2O2. The minimum absolute atomic E-state index is 0.119. The van der Waals surface area contributed by atoms with E-state index < -0.39 is 5.97 Å². The molecule has 0 saturated heterocycles. The zero-order chi connectivity index (χ0) is 13.9. The summed E-state index contributed by atoms with van der Waals surface area (Å²) in [6.07, 6.45) is 0. The van der Waals surface area contributed by atoms with E-state index in [4.69, 9.17) is 22.0 Å². The first-order valence-electron chi connectivity index (χ1n) is 5.45. The molecule has 1 rings (SSSR count). The molecule has 0 aliphatic carbocycles. The lowest BCUT2D eigenvalue weighted by atomic mass is 10.0. The van der Waals surface area contributed by atoms with Crippen molar-refractivity contribution < 1.29 is 9.90 Å². The molecule has 1 N–H and O–H groups in total. The highest BCUT2D eigenvalue weighted by Crippen LogP contribution is 2.28. The molecule has 0 spiro atoms. The Kier molecular flexibility index (Phi) is 4.20. The summed E-state index contributed by atoms with van der Waals surface area (Å²) in [4.78, 5) is 12.6. The second-order valence-electron chi connectivity index (χ2n) is 4.93. The van der Waals surface area contributed by atoms with Crippen molar-refractivity contribution in [2.75, 3.05) is 11.4 Å². The van der Waals surface area contributed by atoms with Crippen LogP contribution in [0, 0.1) is 11.3 Å². The van der Waals surface area contributed by atoms with Crippen LogP contribution in [0.15, 0.2) is 18.2 Å². The van der Waals surface area contributed by atoms with Gasteiger partial charge in [0, 0.05) is 11.2 Å². The largest absolute Gasteiger partial charge is 0.480 e. The second-order valence-corrected chi connectivity index (χ2v) is 5.33.